The zero-order valence-electron chi connectivity index (χ0n) is 21.9. The van der Waals surface area contributed by atoms with Crippen LogP contribution < -0.4 is 5.32 Å². The predicted molar refractivity (Wildman–Crippen MR) is 136 cm³/mol. The van der Waals surface area contributed by atoms with Gasteiger partial charge in [0, 0.05) is 51.4 Å². The first kappa shape index (κ1) is 27.5. The molecule has 4 rings (SSSR count). The van der Waals surface area contributed by atoms with E-state index in [4.69, 9.17) is 4.74 Å². The zero-order valence-corrected chi connectivity index (χ0v) is 21.9. The molecule has 2 aliphatic heterocycles. The SMILES string of the molecule is CC(C(=O)NCC1(N2CCN(Cc3ccccc3)CC2)CCOC(C)(C)C1)c1cccc(C(F)(F)F)n1. The Morgan fingerprint density at radius 2 is 1.78 bits per heavy atom. The van der Waals surface area contributed by atoms with Gasteiger partial charge in [-0.3, -0.25) is 14.6 Å². The fourth-order valence-electron chi connectivity index (χ4n) is 5.59. The third kappa shape index (κ3) is 6.89. The molecular weight excluding hydrogens is 481 g/mol. The highest BCUT2D eigenvalue weighted by Gasteiger charge is 2.46. The summed E-state index contributed by atoms with van der Waals surface area (Å²) in [5, 5.41) is 3.06. The van der Waals surface area contributed by atoms with E-state index >= 15 is 0 Å². The molecule has 1 aromatic heterocycles. The number of nitrogens with zero attached hydrogens (tertiary/aromatic N) is 3. The lowest BCUT2D eigenvalue weighted by Gasteiger charge is -2.53. The summed E-state index contributed by atoms with van der Waals surface area (Å²) in [7, 11) is 0. The van der Waals surface area contributed by atoms with Gasteiger partial charge in [0.25, 0.3) is 0 Å². The van der Waals surface area contributed by atoms with Gasteiger partial charge in [0.05, 0.1) is 17.2 Å². The summed E-state index contributed by atoms with van der Waals surface area (Å²) in [4.78, 5) is 21.7. The van der Waals surface area contributed by atoms with Gasteiger partial charge in [0.1, 0.15) is 5.69 Å². The molecule has 0 radical (unpaired) electrons. The van der Waals surface area contributed by atoms with Gasteiger partial charge in [-0.25, -0.2) is 4.98 Å². The Bertz CT molecular complexity index is 1050. The van der Waals surface area contributed by atoms with Crippen molar-refractivity contribution in [2.75, 3.05) is 39.3 Å². The Hall–Kier alpha value is -2.49. The van der Waals surface area contributed by atoms with Crippen molar-refractivity contribution in [2.45, 2.75) is 63.4 Å². The summed E-state index contributed by atoms with van der Waals surface area (Å²) in [6, 6.07) is 14.1. The summed E-state index contributed by atoms with van der Waals surface area (Å²) in [6.07, 6.45) is -3.01. The van der Waals surface area contributed by atoms with E-state index in [0.29, 0.717) is 13.2 Å². The predicted octanol–water partition coefficient (Wildman–Crippen LogP) is 4.47. The molecule has 1 N–H and O–H groups in total. The number of hydrogen-bond donors (Lipinski definition) is 1. The molecule has 1 aromatic carbocycles. The number of alkyl halides is 3. The molecule has 9 heteroatoms. The van der Waals surface area contributed by atoms with Gasteiger partial charge in [0.15, 0.2) is 0 Å². The van der Waals surface area contributed by atoms with E-state index in [9.17, 15) is 18.0 Å². The Balaban J connectivity index is 1.43. The van der Waals surface area contributed by atoms with E-state index < -0.39 is 17.8 Å². The summed E-state index contributed by atoms with van der Waals surface area (Å²) < 4.78 is 45.4. The van der Waals surface area contributed by atoms with Gasteiger partial charge in [-0.15, -0.1) is 0 Å². The van der Waals surface area contributed by atoms with Gasteiger partial charge in [-0.05, 0) is 51.3 Å². The molecule has 0 spiro atoms. The molecule has 6 nitrogen and oxygen atoms in total. The lowest BCUT2D eigenvalue weighted by Crippen LogP contribution is -2.65. The number of benzene rings is 1. The number of amides is 1. The molecule has 202 valence electrons. The molecule has 2 atom stereocenters. The van der Waals surface area contributed by atoms with Crippen LogP contribution in [0.3, 0.4) is 0 Å². The lowest BCUT2D eigenvalue weighted by atomic mass is 9.79. The monoisotopic (exact) mass is 518 g/mol. The third-order valence-electron chi connectivity index (χ3n) is 7.60. The number of hydrogen-bond acceptors (Lipinski definition) is 5. The van der Waals surface area contributed by atoms with Crippen LogP contribution in [0.15, 0.2) is 48.5 Å². The minimum atomic E-state index is -4.55. The highest BCUT2D eigenvalue weighted by molar-refractivity contribution is 5.82. The number of carbonyl (C=O) groups is 1. The van der Waals surface area contributed by atoms with Gasteiger partial charge in [-0.1, -0.05) is 36.4 Å². The number of aromatic nitrogens is 1. The zero-order chi connectivity index (χ0) is 26.7. The van der Waals surface area contributed by atoms with Crippen molar-refractivity contribution in [1.29, 1.82) is 0 Å². The van der Waals surface area contributed by atoms with Crippen LogP contribution in [0.2, 0.25) is 0 Å². The smallest absolute Gasteiger partial charge is 0.375 e. The number of pyridine rings is 1. The van der Waals surface area contributed by atoms with Crippen molar-refractivity contribution in [3.63, 3.8) is 0 Å². The van der Waals surface area contributed by atoms with E-state index in [1.807, 2.05) is 6.07 Å². The Morgan fingerprint density at radius 3 is 2.43 bits per heavy atom. The van der Waals surface area contributed by atoms with E-state index in [2.05, 4.69) is 58.2 Å². The molecule has 2 saturated heterocycles. The summed E-state index contributed by atoms with van der Waals surface area (Å²) in [5.41, 5.74) is -0.193. The number of ether oxygens (including phenoxy) is 1. The second-order valence-electron chi connectivity index (χ2n) is 10.9. The fourth-order valence-corrected chi connectivity index (χ4v) is 5.59. The minimum absolute atomic E-state index is 0.114. The first-order valence-electron chi connectivity index (χ1n) is 12.9. The molecular formula is C28H37F3N4O2. The van der Waals surface area contributed by atoms with Crippen molar-refractivity contribution in [2.24, 2.45) is 0 Å². The maximum atomic E-state index is 13.1. The second kappa shape index (κ2) is 11.1. The van der Waals surface area contributed by atoms with Crippen LogP contribution in [0.1, 0.15) is 56.5 Å². The number of nitrogens with one attached hydrogen (secondary N) is 1. The topological polar surface area (TPSA) is 57.7 Å². The molecule has 3 heterocycles. The summed E-state index contributed by atoms with van der Waals surface area (Å²) >= 11 is 0. The fraction of sp³-hybridized carbons (Fsp3) is 0.571. The Kier molecular flexibility index (Phi) is 8.26. The normalized spacial score (nSPS) is 23.9. The number of rotatable bonds is 7. The summed E-state index contributed by atoms with van der Waals surface area (Å²) in [5.74, 6) is -1.12. The first-order chi connectivity index (χ1) is 17.5. The molecule has 2 fully saturated rings. The molecule has 0 aliphatic carbocycles. The van der Waals surface area contributed by atoms with Crippen LogP contribution in [0.5, 0.6) is 0 Å². The second-order valence-corrected chi connectivity index (χ2v) is 10.9. The van der Waals surface area contributed by atoms with Crippen molar-refractivity contribution in [3.05, 3.63) is 65.5 Å². The molecule has 0 bridgehead atoms. The Morgan fingerprint density at radius 1 is 1.08 bits per heavy atom. The number of carbonyl (C=O) groups excluding carboxylic acids is 1. The molecule has 2 aliphatic rings. The van der Waals surface area contributed by atoms with Crippen LogP contribution in [0.4, 0.5) is 13.2 Å². The van der Waals surface area contributed by atoms with Gasteiger partial charge in [-0.2, -0.15) is 13.2 Å². The van der Waals surface area contributed by atoms with Crippen LogP contribution in [-0.4, -0.2) is 71.2 Å². The van der Waals surface area contributed by atoms with Crippen LogP contribution >= 0.6 is 0 Å². The first-order valence-corrected chi connectivity index (χ1v) is 12.9. The number of halogens is 3. The van der Waals surface area contributed by atoms with Crippen LogP contribution in [0, 0.1) is 0 Å². The quantitative estimate of drug-likeness (QED) is 0.587. The van der Waals surface area contributed by atoms with E-state index in [-0.39, 0.29) is 22.7 Å². The third-order valence-corrected chi connectivity index (χ3v) is 7.60. The van der Waals surface area contributed by atoms with Crippen molar-refractivity contribution in [1.82, 2.24) is 20.1 Å². The van der Waals surface area contributed by atoms with Crippen molar-refractivity contribution >= 4 is 5.91 Å². The lowest BCUT2D eigenvalue weighted by molar-refractivity contribution is -0.141. The van der Waals surface area contributed by atoms with E-state index in [1.54, 1.807) is 6.92 Å². The molecule has 1 amide bonds. The summed E-state index contributed by atoms with van der Waals surface area (Å²) in [6.45, 7) is 11.3. The minimum Gasteiger partial charge on any atom is -0.375 e. The average Bonchev–Trinajstić information content (AvgIpc) is 2.87. The Labute approximate surface area is 217 Å². The standard InChI is InChI=1S/C28H37F3N4O2/c1-21(23-10-7-11-24(33-23)28(29,30)31)25(36)32-20-27(12-17-37-26(2,3)19-27)35-15-13-34(14-16-35)18-22-8-5-4-6-9-22/h4-11,21H,12-20H2,1-3H3,(H,32,36). The van der Waals surface area contributed by atoms with Gasteiger partial charge >= 0.3 is 6.18 Å². The van der Waals surface area contributed by atoms with E-state index in [0.717, 1.165) is 51.6 Å². The molecule has 2 aromatic rings. The maximum Gasteiger partial charge on any atom is 0.433 e. The van der Waals surface area contributed by atoms with Crippen molar-refractivity contribution < 1.29 is 22.7 Å². The molecule has 0 saturated carbocycles. The highest BCUT2D eigenvalue weighted by atomic mass is 19.4. The highest BCUT2D eigenvalue weighted by Crippen LogP contribution is 2.37. The number of piperazine rings is 1. The average molecular weight is 519 g/mol. The molecule has 37 heavy (non-hydrogen) atoms. The largest absolute Gasteiger partial charge is 0.433 e. The maximum absolute atomic E-state index is 13.1. The van der Waals surface area contributed by atoms with Crippen LogP contribution in [0.25, 0.3) is 0 Å². The molecule has 2 unspecified atom stereocenters. The van der Waals surface area contributed by atoms with E-state index in [1.165, 1.54) is 17.7 Å². The van der Waals surface area contributed by atoms with Crippen molar-refractivity contribution in [3.8, 4) is 0 Å². The van der Waals surface area contributed by atoms with Gasteiger partial charge < -0.3 is 10.1 Å². The van der Waals surface area contributed by atoms with Crippen LogP contribution in [-0.2, 0) is 22.3 Å². The van der Waals surface area contributed by atoms with Gasteiger partial charge in [0.2, 0.25) is 5.91 Å².